The molecule has 0 atom stereocenters. The van der Waals surface area contributed by atoms with Crippen LogP contribution in [0, 0.1) is 19.7 Å². The summed E-state index contributed by atoms with van der Waals surface area (Å²) in [5, 5.41) is 3.19. The van der Waals surface area contributed by atoms with Crippen LogP contribution in [-0.4, -0.2) is 9.97 Å². The van der Waals surface area contributed by atoms with E-state index >= 15 is 0 Å². The van der Waals surface area contributed by atoms with Gasteiger partial charge in [-0.05, 0) is 37.6 Å². The lowest BCUT2D eigenvalue weighted by Crippen LogP contribution is -2.07. The molecule has 0 saturated carbocycles. The molecule has 1 aromatic heterocycles. The summed E-state index contributed by atoms with van der Waals surface area (Å²) < 4.78 is 13.1. The molecular formula is C14H17FN4. The number of nitrogens with one attached hydrogen (secondary N) is 1. The quantitative estimate of drug-likeness (QED) is 0.890. The summed E-state index contributed by atoms with van der Waals surface area (Å²) in [4.78, 5) is 8.61. The first kappa shape index (κ1) is 13.3. The zero-order valence-electron chi connectivity index (χ0n) is 11.3. The highest BCUT2D eigenvalue weighted by molar-refractivity contribution is 5.65. The van der Waals surface area contributed by atoms with Crippen LogP contribution in [0.15, 0.2) is 18.2 Å². The van der Waals surface area contributed by atoms with Gasteiger partial charge in [0.1, 0.15) is 23.3 Å². The summed E-state index contributed by atoms with van der Waals surface area (Å²) in [6.07, 6.45) is 0.710. The number of halogens is 1. The number of nitrogens with two attached hydrogens (primary N) is 1. The van der Waals surface area contributed by atoms with Gasteiger partial charge in [0.15, 0.2) is 0 Å². The van der Waals surface area contributed by atoms with Crippen LogP contribution >= 0.6 is 0 Å². The third kappa shape index (κ3) is 2.81. The van der Waals surface area contributed by atoms with Crippen molar-refractivity contribution in [3.05, 3.63) is 41.0 Å². The molecule has 0 unspecified atom stereocenters. The Labute approximate surface area is 111 Å². The smallest absolute Gasteiger partial charge is 0.139 e. The molecule has 0 radical (unpaired) electrons. The number of nitrogens with zero attached hydrogens (tertiary/aromatic N) is 2. The minimum atomic E-state index is -0.253. The van der Waals surface area contributed by atoms with E-state index in [-0.39, 0.29) is 5.82 Å². The van der Waals surface area contributed by atoms with Crippen LogP contribution in [0.3, 0.4) is 0 Å². The molecule has 4 nitrogen and oxygen atoms in total. The van der Waals surface area contributed by atoms with Gasteiger partial charge in [-0.15, -0.1) is 0 Å². The Bertz CT molecular complexity index is 611. The van der Waals surface area contributed by atoms with Gasteiger partial charge in [-0.3, -0.25) is 0 Å². The Morgan fingerprint density at radius 2 is 2.00 bits per heavy atom. The zero-order chi connectivity index (χ0) is 14.0. The number of rotatable bonds is 3. The fourth-order valence-electron chi connectivity index (χ4n) is 1.76. The van der Waals surface area contributed by atoms with E-state index in [1.165, 1.54) is 12.1 Å². The first-order valence-corrected chi connectivity index (χ1v) is 6.17. The van der Waals surface area contributed by atoms with Crippen molar-refractivity contribution in [2.45, 2.75) is 27.2 Å². The number of anilines is 3. The molecule has 0 amide bonds. The van der Waals surface area contributed by atoms with Crippen LogP contribution in [0.1, 0.15) is 23.9 Å². The number of benzene rings is 1. The molecule has 0 aliphatic heterocycles. The molecule has 1 aromatic carbocycles. The van der Waals surface area contributed by atoms with Crippen molar-refractivity contribution in [2.75, 3.05) is 11.1 Å². The minimum absolute atomic E-state index is 0.253. The van der Waals surface area contributed by atoms with Gasteiger partial charge in [0.05, 0.1) is 0 Å². The molecule has 0 fully saturated rings. The van der Waals surface area contributed by atoms with Crippen molar-refractivity contribution in [2.24, 2.45) is 0 Å². The highest BCUT2D eigenvalue weighted by atomic mass is 19.1. The molecule has 2 rings (SSSR count). The van der Waals surface area contributed by atoms with Crippen molar-refractivity contribution in [1.29, 1.82) is 0 Å². The van der Waals surface area contributed by atoms with E-state index in [4.69, 9.17) is 5.73 Å². The van der Waals surface area contributed by atoms with Crippen molar-refractivity contribution in [3.8, 4) is 0 Å². The first-order valence-electron chi connectivity index (χ1n) is 6.17. The molecular weight excluding hydrogens is 243 g/mol. The van der Waals surface area contributed by atoms with Gasteiger partial charge >= 0.3 is 0 Å². The van der Waals surface area contributed by atoms with Crippen LogP contribution in [-0.2, 0) is 6.42 Å². The zero-order valence-corrected chi connectivity index (χ0v) is 11.3. The van der Waals surface area contributed by atoms with Gasteiger partial charge < -0.3 is 11.1 Å². The monoisotopic (exact) mass is 260 g/mol. The van der Waals surface area contributed by atoms with E-state index in [0.29, 0.717) is 23.9 Å². The van der Waals surface area contributed by atoms with Crippen molar-refractivity contribution in [1.82, 2.24) is 9.97 Å². The van der Waals surface area contributed by atoms with Gasteiger partial charge in [-0.25, -0.2) is 14.4 Å². The van der Waals surface area contributed by atoms with Crippen LogP contribution in [0.4, 0.5) is 21.7 Å². The molecule has 0 bridgehead atoms. The summed E-state index contributed by atoms with van der Waals surface area (Å²) in [5.74, 6) is 1.56. The summed E-state index contributed by atoms with van der Waals surface area (Å²) in [7, 11) is 0. The van der Waals surface area contributed by atoms with Gasteiger partial charge in [-0.2, -0.15) is 0 Å². The summed E-state index contributed by atoms with van der Waals surface area (Å²) in [5.41, 5.74) is 8.28. The molecule has 1 heterocycles. The molecule has 3 N–H and O–H groups in total. The summed E-state index contributed by atoms with van der Waals surface area (Å²) in [6.45, 7) is 5.67. The predicted octanol–water partition coefficient (Wildman–Crippen LogP) is 3.12. The maximum Gasteiger partial charge on any atom is 0.139 e. The van der Waals surface area contributed by atoms with E-state index in [1.807, 2.05) is 20.8 Å². The SMILES string of the molecule is CCc1nc(N)c(C)c(Nc2ccc(F)cc2C)n1. The van der Waals surface area contributed by atoms with Crippen molar-refractivity contribution in [3.63, 3.8) is 0 Å². The Morgan fingerprint density at radius 3 is 2.63 bits per heavy atom. The maximum absolute atomic E-state index is 13.1. The largest absolute Gasteiger partial charge is 0.383 e. The Hall–Kier alpha value is -2.17. The van der Waals surface area contributed by atoms with E-state index in [2.05, 4.69) is 15.3 Å². The van der Waals surface area contributed by atoms with Gasteiger partial charge in [0.25, 0.3) is 0 Å². The fourth-order valence-corrected chi connectivity index (χ4v) is 1.76. The predicted molar refractivity (Wildman–Crippen MR) is 75.0 cm³/mol. The second-order valence-electron chi connectivity index (χ2n) is 4.44. The first-order chi connectivity index (χ1) is 9.01. The topological polar surface area (TPSA) is 63.8 Å². The second-order valence-corrected chi connectivity index (χ2v) is 4.44. The highest BCUT2D eigenvalue weighted by Gasteiger charge is 2.09. The third-order valence-corrected chi connectivity index (χ3v) is 2.99. The minimum Gasteiger partial charge on any atom is -0.383 e. The van der Waals surface area contributed by atoms with E-state index < -0.39 is 0 Å². The number of nitrogen functional groups attached to an aromatic ring is 1. The standard InChI is InChI=1S/C14H17FN4/c1-4-12-18-13(16)9(3)14(19-12)17-11-6-5-10(15)7-8(11)2/h5-7H,4H2,1-3H3,(H3,16,17,18,19). The molecule has 5 heteroatoms. The van der Waals surface area contributed by atoms with E-state index in [9.17, 15) is 4.39 Å². The maximum atomic E-state index is 13.1. The van der Waals surface area contributed by atoms with Crippen molar-refractivity contribution >= 4 is 17.3 Å². The van der Waals surface area contributed by atoms with Crippen LogP contribution in [0.25, 0.3) is 0 Å². The number of aryl methyl sites for hydroxylation is 2. The van der Waals surface area contributed by atoms with E-state index in [1.54, 1.807) is 6.07 Å². The van der Waals surface area contributed by atoms with Crippen LogP contribution < -0.4 is 11.1 Å². The van der Waals surface area contributed by atoms with Gasteiger partial charge in [0.2, 0.25) is 0 Å². The number of aromatic nitrogens is 2. The lowest BCUT2D eigenvalue weighted by atomic mass is 10.2. The number of hydrogen-bond donors (Lipinski definition) is 2. The molecule has 19 heavy (non-hydrogen) atoms. The lowest BCUT2D eigenvalue weighted by molar-refractivity contribution is 0.627. The van der Waals surface area contributed by atoms with E-state index in [0.717, 1.165) is 16.8 Å². The average Bonchev–Trinajstić information content (AvgIpc) is 2.37. The Morgan fingerprint density at radius 1 is 1.26 bits per heavy atom. The average molecular weight is 260 g/mol. The van der Waals surface area contributed by atoms with Crippen molar-refractivity contribution < 1.29 is 4.39 Å². The lowest BCUT2D eigenvalue weighted by Gasteiger charge is -2.13. The molecule has 0 saturated heterocycles. The van der Waals surface area contributed by atoms with Crippen LogP contribution in [0.2, 0.25) is 0 Å². The van der Waals surface area contributed by atoms with Gasteiger partial charge in [-0.1, -0.05) is 6.92 Å². The molecule has 0 aliphatic carbocycles. The second kappa shape index (κ2) is 5.22. The number of hydrogen-bond acceptors (Lipinski definition) is 4. The Kier molecular flexibility index (Phi) is 3.64. The molecule has 2 aromatic rings. The summed E-state index contributed by atoms with van der Waals surface area (Å²) in [6, 6.07) is 4.58. The normalized spacial score (nSPS) is 10.5. The highest BCUT2D eigenvalue weighted by Crippen LogP contribution is 2.24. The van der Waals surface area contributed by atoms with Crippen LogP contribution in [0.5, 0.6) is 0 Å². The summed E-state index contributed by atoms with van der Waals surface area (Å²) >= 11 is 0. The molecule has 100 valence electrons. The molecule has 0 aliphatic rings. The third-order valence-electron chi connectivity index (χ3n) is 2.99. The fraction of sp³-hybridized carbons (Fsp3) is 0.286. The van der Waals surface area contributed by atoms with Gasteiger partial charge in [0, 0.05) is 17.7 Å². The molecule has 0 spiro atoms. The Balaban J connectivity index is 2.40.